The van der Waals surface area contributed by atoms with E-state index in [2.05, 4.69) is 6.92 Å². The van der Waals surface area contributed by atoms with Gasteiger partial charge in [0.05, 0.1) is 0 Å². The first-order valence-corrected chi connectivity index (χ1v) is 9.50. The predicted octanol–water partition coefficient (Wildman–Crippen LogP) is 3.95. The molecule has 1 heterocycles. The van der Waals surface area contributed by atoms with Gasteiger partial charge < -0.3 is 10.6 Å². The average Bonchev–Trinajstić information content (AvgIpc) is 2.90. The summed E-state index contributed by atoms with van der Waals surface area (Å²) in [6.07, 6.45) is 2.12. The summed E-state index contributed by atoms with van der Waals surface area (Å²) in [6.45, 7) is 2.08. The molecule has 5 nitrogen and oxygen atoms in total. The highest BCUT2D eigenvalue weighted by Crippen LogP contribution is 2.45. The molecule has 1 aliphatic heterocycles. The molecule has 2 unspecified atom stereocenters. The van der Waals surface area contributed by atoms with E-state index < -0.39 is 17.7 Å². The van der Waals surface area contributed by atoms with Gasteiger partial charge in [-0.25, -0.2) is 4.79 Å². The monoisotopic (exact) mass is 385 g/mol. The smallest absolute Gasteiger partial charge is 0.317 e. The van der Waals surface area contributed by atoms with Crippen LogP contribution >= 0.6 is 11.6 Å². The van der Waals surface area contributed by atoms with Crippen LogP contribution in [0.3, 0.4) is 0 Å². The van der Waals surface area contributed by atoms with Gasteiger partial charge in [-0.05, 0) is 36.1 Å². The van der Waals surface area contributed by atoms with E-state index in [1.807, 2.05) is 30.3 Å². The standard InChI is InChI=1S/C21H24ClN3O2/c1-3-4-10-18-24(2)19(26)21(25(18)20(23)27,15-8-6-5-7-9-15)16-11-13-17(22)14-12-16/h5-9,11-14,18H,3-4,10H2,1-2H3,(H2,23,27). The minimum Gasteiger partial charge on any atom is -0.351 e. The summed E-state index contributed by atoms with van der Waals surface area (Å²) in [5.41, 5.74) is 5.93. The summed E-state index contributed by atoms with van der Waals surface area (Å²) in [5.74, 6) is -0.170. The number of benzene rings is 2. The zero-order valence-corrected chi connectivity index (χ0v) is 16.3. The van der Waals surface area contributed by atoms with Crippen molar-refractivity contribution in [3.8, 4) is 0 Å². The van der Waals surface area contributed by atoms with E-state index in [0.717, 1.165) is 12.8 Å². The van der Waals surface area contributed by atoms with Crippen LogP contribution in [-0.4, -0.2) is 35.0 Å². The molecule has 27 heavy (non-hydrogen) atoms. The fourth-order valence-electron chi connectivity index (χ4n) is 3.97. The van der Waals surface area contributed by atoms with Crippen molar-refractivity contribution in [1.29, 1.82) is 0 Å². The molecule has 0 bridgehead atoms. The summed E-state index contributed by atoms with van der Waals surface area (Å²) in [7, 11) is 1.74. The SMILES string of the molecule is CCCCC1N(C)C(=O)C(c2ccccc2)(c2ccc(Cl)cc2)N1C(N)=O. The minimum atomic E-state index is -1.30. The van der Waals surface area contributed by atoms with E-state index >= 15 is 0 Å². The third kappa shape index (κ3) is 3.06. The molecule has 1 saturated heterocycles. The van der Waals surface area contributed by atoms with E-state index in [1.54, 1.807) is 36.2 Å². The van der Waals surface area contributed by atoms with Crippen molar-refractivity contribution in [2.45, 2.75) is 37.9 Å². The highest BCUT2D eigenvalue weighted by atomic mass is 35.5. The minimum absolute atomic E-state index is 0.170. The topological polar surface area (TPSA) is 66.6 Å². The Kier molecular flexibility index (Phi) is 5.42. The fraction of sp³-hybridized carbons (Fsp3) is 0.333. The van der Waals surface area contributed by atoms with Crippen molar-refractivity contribution in [3.63, 3.8) is 0 Å². The zero-order chi connectivity index (χ0) is 19.6. The molecule has 6 heteroatoms. The Morgan fingerprint density at radius 2 is 1.70 bits per heavy atom. The van der Waals surface area contributed by atoms with Gasteiger partial charge in [0.2, 0.25) is 0 Å². The highest BCUT2D eigenvalue weighted by molar-refractivity contribution is 6.30. The van der Waals surface area contributed by atoms with Crippen LogP contribution in [0, 0.1) is 0 Å². The number of nitrogens with two attached hydrogens (primary N) is 1. The number of hydrogen-bond donors (Lipinski definition) is 1. The van der Waals surface area contributed by atoms with Gasteiger partial charge in [0, 0.05) is 12.1 Å². The van der Waals surface area contributed by atoms with E-state index in [0.29, 0.717) is 22.6 Å². The van der Waals surface area contributed by atoms with E-state index in [4.69, 9.17) is 17.3 Å². The molecule has 0 aliphatic carbocycles. The fourth-order valence-corrected chi connectivity index (χ4v) is 4.10. The van der Waals surface area contributed by atoms with Crippen LogP contribution in [0.4, 0.5) is 4.79 Å². The molecule has 0 spiro atoms. The third-order valence-electron chi connectivity index (χ3n) is 5.24. The first-order valence-electron chi connectivity index (χ1n) is 9.12. The number of nitrogens with zero attached hydrogens (tertiary/aromatic N) is 2. The number of carbonyl (C=O) groups is 2. The predicted molar refractivity (Wildman–Crippen MR) is 106 cm³/mol. The molecule has 2 N–H and O–H groups in total. The first kappa shape index (κ1) is 19.2. The molecule has 142 valence electrons. The Labute approximate surface area is 164 Å². The molecule has 2 aromatic rings. The zero-order valence-electron chi connectivity index (χ0n) is 15.6. The van der Waals surface area contributed by atoms with Gasteiger partial charge in [0.1, 0.15) is 6.17 Å². The van der Waals surface area contributed by atoms with Crippen LogP contribution in [0.2, 0.25) is 5.02 Å². The maximum absolute atomic E-state index is 13.6. The van der Waals surface area contributed by atoms with Gasteiger partial charge in [0.15, 0.2) is 5.54 Å². The van der Waals surface area contributed by atoms with Gasteiger partial charge in [-0.15, -0.1) is 0 Å². The van der Waals surface area contributed by atoms with Crippen molar-refractivity contribution in [2.75, 3.05) is 7.05 Å². The summed E-state index contributed by atoms with van der Waals surface area (Å²) in [4.78, 5) is 29.5. The van der Waals surface area contributed by atoms with Crippen molar-refractivity contribution in [1.82, 2.24) is 9.80 Å². The number of urea groups is 1. The van der Waals surface area contributed by atoms with E-state index in [1.165, 1.54) is 4.90 Å². The van der Waals surface area contributed by atoms with Crippen molar-refractivity contribution in [2.24, 2.45) is 5.73 Å². The Hall–Kier alpha value is -2.53. The van der Waals surface area contributed by atoms with E-state index in [-0.39, 0.29) is 5.91 Å². The average molecular weight is 386 g/mol. The number of unbranched alkanes of at least 4 members (excludes halogenated alkanes) is 1. The molecule has 0 aromatic heterocycles. The molecule has 0 radical (unpaired) electrons. The molecule has 2 atom stereocenters. The lowest BCUT2D eigenvalue weighted by Crippen LogP contribution is -2.54. The van der Waals surface area contributed by atoms with Crippen molar-refractivity contribution >= 4 is 23.5 Å². The van der Waals surface area contributed by atoms with Crippen molar-refractivity contribution < 1.29 is 9.59 Å². The maximum Gasteiger partial charge on any atom is 0.317 e. The quantitative estimate of drug-likeness (QED) is 0.846. The number of carbonyl (C=O) groups excluding carboxylic acids is 2. The second kappa shape index (κ2) is 7.61. The van der Waals surface area contributed by atoms with E-state index in [9.17, 15) is 9.59 Å². The summed E-state index contributed by atoms with van der Waals surface area (Å²) < 4.78 is 0. The number of rotatable bonds is 5. The van der Waals surface area contributed by atoms with Gasteiger partial charge in [-0.2, -0.15) is 0 Å². The molecule has 2 aromatic carbocycles. The lowest BCUT2D eigenvalue weighted by molar-refractivity contribution is -0.131. The summed E-state index contributed by atoms with van der Waals surface area (Å²) in [6, 6.07) is 15.7. The Balaban J connectivity index is 2.28. The normalized spacial score (nSPS) is 22.3. The lowest BCUT2D eigenvalue weighted by atomic mass is 9.81. The highest BCUT2D eigenvalue weighted by Gasteiger charge is 2.59. The van der Waals surface area contributed by atoms with Gasteiger partial charge >= 0.3 is 6.03 Å². The molecule has 3 amide bonds. The van der Waals surface area contributed by atoms with Crippen LogP contribution in [0.5, 0.6) is 0 Å². The number of halogens is 1. The lowest BCUT2D eigenvalue weighted by Gasteiger charge is -2.38. The Bertz CT molecular complexity index is 825. The van der Waals surface area contributed by atoms with Gasteiger partial charge in [-0.3, -0.25) is 9.69 Å². The number of primary amides is 1. The molecule has 1 fully saturated rings. The molecular weight excluding hydrogens is 362 g/mol. The van der Waals surface area contributed by atoms with Crippen LogP contribution < -0.4 is 5.73 Å². The second-order valence-corrected chi connectivity index (χ2v) is 7.27. The summed E-state index contributed by atoms with van der Waals surface area (Å²) in [5, 5.41) is 0.564. The van der Waals surface area contributed by atoms with Crippen LogP contribution in [-0.2, 0) is 10.3 Å². The Morgan fingerprint density at radius 1 is 1.11 bits per heavy atom. The van der Waals surface area contributed by atoms with Crippen LogP contribution in [0.15, 0.2) is 54.6 Å². The third-order valence-corrected chi connectivity index (χ3v) is 5.50. The number of amides is 3. The maximum atomic E-state index is 13.6. The number of likely N-dealkylation sites (N-methyl/N-ethyl adjacent to an activating group) is 1. The molecule has 1 aliphatic rings. The van der Waals surface area contributed by atoms with Gasteiger partial charge in [0.25, 0.3) is 5.91 Å². The molecular formula is C21H24ClN3O2. The first-order chi connectivity index (χ1) is 12.9. The van der Waals surface area contributed by atoms with Gasteiger partial charge in [-0.1, -0.05) is 67.4 Å². The molecule has 3 rings (SSSR count). The van der Waals surface area contributed by atoms with Crippen LogP contribution in [0.25, 0.3) is 0 Å². The van der Waals surface area contributed by atoms with Crippen LogP contribution in [0.1, 0.15) is 37.3 Å². The summed E-state index contributed by atoms with van der Waals surface area (Å²) >= 11 is 6.07. The number of hydrogen-bond acceptors (Lipinski definition) is 2. The van der Waals surface area contributed by atoms with Crippen molar-refractivity contribution in [3.05, 3.63) is 70.7 Å². The largest absolute Gasteiger partial charge is 0.351 e. The Morgan fingerprint density at radius 3 is 2.26 bits per heavy atom. The molecule has 0 saturated carbocycles. The second-order valence-electron chi connectivity index (χ2n) is 6.83.